The fourth-order valence-electron chi connectivity index (χ4n) is 1.04. The second-order valence-electron chi connectivity index (χ2n) is 3.34. The lowest BCUT2D eigenvalue weighted by Crippen LogP contribution is -2.38. The third kappa shape index (κ3) is 4.20. The number of aliphatic hydroxyl groups is 1. The maximum Gasteiger partial charge on any atom is 0.139 e. The van der Waals surface area contributed by atoms with Crippen LogP contribution >= 0.6 is 0 Å². The maximum absolute atomic E-state index is 9.42. The number of hydrogen-bond acceptors (Lipinski definition) is 4. The van der Waals surface area contributed by atoms with Crippen LogP contribution in [0.3, 0.4) is 0 Å². The van der Waals surface area contributed by atoms with E-state index in [0.29, 0.717) is 5.75 Å². The monoisotopic (exact) mass is 196 g/mol. The highest BCUT2D eigenvalue weighted by Gasteiger charge is 2.05. The van der Waals surface area contributed by atoms with E-state index in [1.807, 2.05) is 13.8 Å². The van der Waals surface area contributed by atoms with E-state index in [0.717, 1.165) is 0 Å². The summed E-state index contributed by atoms with van der Waals surface area (Å²) in [4.78, 5) is 3.90. The Kier molecular flexibility index (Phi) is 4.35. The lowest BCUT2D eigenvalue weighted by molar-refractivity contribution is 0.0717. The van der Waals surface area contributed by atoms with Gasteiger partial charge in [0, 0.05) is 12.2 Å². The second-order valence-corrected chi connectivity index (χ2v) is 3.34. The molecule has 14 heavy (non-hydrogen) atoms. The highest BCUT2D eigenvalue weighted by molar-refractivity contribution is 5.15. The minimum atomic E-state index is -0.643. The van der Waals surface area contributed by atoms with Crippen LogP contribution in [-0.4, -0.2) is 29.0 Å². The van der Waals surface area contributed by atoms with Gasteiger partial charge in [-0.05, 0) is 26.0 Å². The van der Waals surface area contributed by atoms with Gasteiger partial charge in [0.05, 0.1) is 6.20 Å². The van der Waals surface area contributed by atoms with E-state index in [2.05, 4.69) is 10.3 Å². The molecule has 1 aromatic rings. The zero-order valence-corrected chi connectivity index (χ0v) is 8.47. The molecule has 0 aliphatic carbocycles. The summed E-state index contributed by atoms with van der Waals surface area (Å²) in [5.41, 5.74) is 0. The molecule has 0 bridgehead atoms. The van der Waals surface area contributed by atoms with Crippen LogP contribution in [0.25, 0.3) is 0 Å². The van der Waals surface area contributed by atoms with Crippen molar-refractivity contribution in [3.63, 3.8) is 0 Å². The number of nitrogens with zero attached hydrogens (tertiary/aromatic N) is 1. The van der Waals surface area contributed by atoms with Gasteiger partial charge in [0.2, 0.25) is 0 Å². The van der Waals surface area contributed by atoms with Gasteiger partial charge in [-0.25, -0.2) is 0 Å². The number of rotatable bonds is 5. The molecular formula is C10H16N2O2. The smallest absolute Gasteiger partial charge is 0.139 e. The third-order valence-electron chi connectivity index (χ3n) is 1.57. The van der Waals surface area contributed by atoms with E-state index in [-0.39, 0.29) is 12.6 Å². The molecule has 0 saturated carbocycles. The Balaban J connectivity index is 2.27. The van der Waals surface area contributed by atoms with Crippen molar-refractivity contribution in [3.05, 3.63) is 24.5 Å². The summed E-state index contributed by atoms with van der Waals surface area (Å²) in [6.45, 7) is 4.16. The lowest BCUT2D eigenvalue weighted by atomic mass is 10.4. The molecule has 0 aliphatic rings. The van der Waals surface area contributed by atoms with Crippen LogP contribution in [0.15, 0.2) is 24.5 Å². The Morgan fingerprint density at radius 1 is 1.57 bits per heavy atom. The number of nitrogens with one attached hydrogen (secondary N) is 1. The molecule has 1 atom stereocenters. The first-order valence-corrected chi connectivity index (χ1v) is 4.65. The van der Waals surface area contributed by atoms with E-state index in [4.69, 9.17) is 4.74 Å². The second kappa shape index (κ2) is 5.57. The highest BCUT2D eigenvalue weighted by Crippen LogP contribution is 2.05. The zero-order valence-electron chi connectivity index (χ0n) is 8.47. The molecule has 0 fully saturated rings. The molecule has 1 rings (SSSR count). The van der Waals surface area contributed by atoms with Crippen molar-refractivity contribution >= 4 is 0 Å². The van der Waals surface area contributed by atoms with Crippen LogP contribution in [0.5, 0.6) is 5.75 Å². The normalized spacial score (nSPS) is 12.9. The van der Waals surface area contributed by atoms with Crippen molar-refractivity contribution in [2.24, 2.45) is 0 Å². The zero-order chi connectivity index (χ0) is 10.4. The van der Waals surface area contributed by atoms with Crippen molar-refractivity contribution in [2.75, 3.05) is 6.61 Å². The predicted octanol–water partition coefficient (Wildman–Crippen LogP) is 0.777. The van der Waals surface area contributed by atoms with Crippen LogP contribution < -0.4 is 10.1 Å². The Morgan fingerprint density at radius 3 is 2.93 bits per heavy atom. The standard InChI is InChI=1S/C10H16N2O2/c1-8(2)12-10(13)7-14-9-4-3-5-11-6-9/h3-6,8,10,12-13H,7H2,1-2H3. The summed E-state index contributed by atoms with van der Waals surface area (Å²) in [6, 6.07) is 3.83. The van der Waals surface area contributed by atoms with Gasteiger partial charge in [-0.3, -0.25) is 10.3 Å². The molecule has 2 N–H and O–H groups in total. The fourth-order valence-corrected chi connectivity index (χ4v) is 1.04. The van der Waals surface area contributed by atoms with Crippen LogP contribution in [0.2, 0.25) is 0 Å². The predicted molar refractivity (Wildman–Crippen MR) is 54.0 cm³/mol. The van der Waals surface area contributed by atoms with Gasteiger partial charge >= 0.3 is 0 Å². The van der Waals surface area contributed by atoms with Crippen molar-refractivity contribution in [2.45, 2.75) is 26.1 Å². The maximum atomic E-state index is 9.42. The topological polar surface area (TPSA) is 54.4 Å². The lowest BCUT2D eigenvalue weighted by Gasteiger charge is -2.16. The molecule has 0 saturated heterocycles. The molecule has 1 heterocycles. The number of pyridine rings is 1. The minimum absolute atomic E-state index is 0.226. The van der Waals surface area contributed by atoms with Gasteiger partial charge in [-0.15, -0.1) is 0 Å². The van der Waals surface area contributed by atoms with E-state index in [1.54, 1.807) is 24.5 Å². The summed E-state index contributed by atoms with van der Waals surface area (Å²) in [7, 11) is 0. The van der Waals surface area contributed by atoms with Crippen molar-refractivity contribution in [1.29, 1.82) is 0 Å². The summed E-state index contributed by atoms with van der Waals surface area (Å²) >= 11 is 0. The van der Waals surface area contributed by atoms with Gasteiger partial charge < -0.3 is 9.84 Å². The number of aliphatic hydroxyl groups excluding tert-OH is 1. The first kappa shape index (κ1) is 10.9. The van der Waals surface area contributed by atoms with E-state index in [9.17, 15) is 5.11 Å². The van der Waals surface area contributed by atoms with Gasteiger partial charge in [0.1, 0.15) is 18.6 Å². The van der Waals surface area contributed by atoms with Crippen LogP contribution in [-0.2, 0) is 0 Å². The van der Waals surface area contributed by atoms with E-state index < -0.39 is 6.23 Å². The summed E-state index contributed by atoms with van der Waals surface area (Å²) < 4.78 is 5.29. The third-order valence-corrected chi connectivity index (χ3v) is 1.57. The first-order valence-electron chi connectivity index (χ1n) is 4.65. The molecule has 0 amide bonds. The van der Waals surface area contributed by atoms with E-state index in [1.165, 1.54) is 0 Å². The Labute approximate surface area is 83.9 Å². The molecule has 0 aliphatic heterocycles. The molecule has 0 spiro atoms. The fraction of sp³-hybridized carbons (Fsp3) is 0.500. The van der Waals surface area contributed by atoms with Gasteiger partial charge in [0.15, 0.2) is 0 Å². The SMILES string of the molecule is CC(C)NC(O)COc1cccnc1. The molecule has 0 radical (unpaired) electrons. The van der Waals surface area contributed by atoms with Crippen molar-refractivity contribution < 1.29 is 9.84 Å². The molecule has 4 nitrogen and oxygen atoms in total. The minimum Gasteiger partial charge on any atom is -0.488 e. The average Bonchev–Trinajstić information content (AvgIpc) is 2.15. The Bertz CT molecular complexity index is 252. The quantitative estimate of drug-likeness (QED) is 0.683. The summed E-state index contributed by atoms with van der Waals surface area (Å²) in [6.07, 6.45) is 2.65. The molecule has 4 heteroatoms. The molecular weight excluding hydrogens is 180 g/mol. The highest BCUT2D eigenvalue weighted by atomic mass is 16.5. The van der Waals surface area contributed by atoms with Crippen LogP contribution in [0.4, 0.5) is 0 Å². The first-order chi connectivity index (χ1) is 6.68. The Hall–Kier alpha value is -1.13. The number of aromatic nitrogens is 1. The molecule has 78 valence electrons. The molecule has 1 unspecified atom stereocenters. The Morgan fingerprint density at radius 2 is 2.36 bits per heavy atom. The van der Waals surface area contributed by atoms with Gasteiger partial charge in [-0.2, -0.15) is 0 Å². The number of hydrogen-bond donors (Lipinski definition) is 2. The van der Waals surface area contributed by atoms with Gasteiger partial charge in [0.25, 0.3) is 0 Å². The van der Waals surface area contributed by atoms with Crippen LogP contribution in [0.1, 0.15) is 13.8 Å². The number of ether oxygens (including phenoxy) is 1. The van der Waals surface area contributed by atoms with Gasteiger partial charge in [-0.1, -0.05) is 0 Å². The van der Waals surface area contributed by atoms with Crippen molar-refractivity contribution in [3.8, 4) is 5.75 Å². The average molecular weight is 196 g/mol. The molecule has 0 aromatic carbocycles. The largest absolute Gasteiger partial charge is 0.488 e. The summed E-state index contributed by atoms with van der Waals surface area (Å²) in [5, 5.41) is 12.3. The van der Waals surface area contributed by atoms with Crippen LogP contribution in [0, 0.1) is 0 Å². The van der Waals surface area contributed by atoms with Crippen molar-refractivity contribution in [1.82, 2.24) is 10.3 Å². The van der Waals surface area contributed by atoms with E-state index >= 15 is 0 Å². The molecule has 1 aromatic heterocycles. The summed E-state index contributed by atoms with van der Waals surface area (Å²) in [5.74, 6) is 0.664.